The van der Waals surface area contributed by atoms with Gasteiger partial charge in [0.25, 0.3) is 0 Å². The lowest BCUT2D eigenvalue weighted by atomic mass is 9.84. The fourth-order valence-electron chi connectivity index (χ4n) is 3.05. The van der Waals surface area contributed by atoms with E-state index in [4.69, 9.17) is 4.74 Å². The molecule has 0 N–H and O–H groups in total. The number of aryl methyl sites for hydroxylation is 1. The molecule has 1 aromatic rings. The second-order valence-electron chi connectivity index (χ2n) is 5.56. The van der Waals surface area contributed by atoms with Crippen LogP contribution in [0.1, 0.15) is 43.2 Å². The summed E-state index contributed by atoms with van der Waals surface area (Å²) >= 11 is 0. The average Bonchev–Trinajstić information content (AvgIpc) is 2.85. The van der Waals surface area contributed by atoms with Crippen LogP contribution in [-0.4, -0.2) is 12.4 Å². The van der Waals surface area contributed by atoms with Crippen LogP contribution in [0.3, 0.4) is 0 Å². The molecule has 96 valence electrons. The number of carbonyl (C=O) groups is 1. The number of rotatable bonds is 3. The van der Waals surface area contributed by atoms with Crippen molar-refractivity contribution in [1.82, 2.24) is 0 Å². The van der Waals surface area contributed by atoms with Crippen LogP contribution in [0.25, 0.3) is 0 Å². The van der Waals surface area contributed by atoms with Gasteiger partial charge >= 0.3 is 0 Å². The van der Waals surface area contributed by atoms with Crippen molar-refractivity contribution in [3.05, 3.63) is 29.3 Å². The van der Waals surface area contributed by atoms with E-state index in [1.807, 2.05) is 0 Å². The first-order chi connectivity index (χ1) is 8.81. The van der Waals surface area contributed by atoms with Gasteiger partial charge in [0.2, 0.25) is 0 Å². The highest BCUT2D eigenvalue weighted by Crippen LogP contribution is 2.29. The molecular formula is C16H20O2. The van der Waals surface area contributed by atoms with Crippen LogP contribution in [0.2, 0.25) is 0 Å². The molecule has 2 heteroatoms. The predicted molar refractivity (Wildman–Crippen MR) is 70.9 cm³/mol. The molecule has 0 spiro atoms. The van der Waals surface area contributed by atoms with Gasteiger partial charge in [0.1, 0.15) is 11.5 Å². The fraction of sp³-hybridized carbons (Fsp3) is 0.562. The number of fused-ring (bicyclic) bond motifs is 1. The van der Waals surface area contributed by atoms with Crippen molar-refractivity contribution < 1.29 is 9.53 Å². The summed E-state index contributed by atoms with van der Waals surface area (Å²) in [5, 5.41) is 0. The summed E-state index contributed by atoms with van der Waals surface area (Å²) in [6.45, 7) is 0.837. The van der Waals surface area contributed by atoms with Gasteiger partial charge in [-0.2, -0.15) is 0 Å². The first-order valence-electron chi connectivity index (χ1n) is 7.07. The van der Waals surface area contributed by atoms with Gasteiger partial charge in [-0.1, -0.05) is 12.1 Å². The van der Waals surface area contributed by atoms with Gasteiger partial charge in [-0.3, -0.25) is 4.79 Å². The molecule has 0 radical (unpaired) electrons. The van der Waals surface area contributed by atoms with Gasteiger partial charge in [0.15, 0.2) is 0 Å². The third-order valence-corrected chi connectivity index (χ3v) is 4.26. The predicted octanol–water partition coefficient (Wildman–Crippen LogP) is 3.31. The highest BCUT2D eigenvalue weighted by atomic mass is 16.5. The molecule has 1 aliphatic heterocycles. The van der Waals surface area contributed by atoms with Crippen LogP contribution in [-0.2, 0) is 17.6 Å². The summed E-state index contributed by atoms with van der Waals surface area (Å²) in [5.74, 6) is 2.29. The number of benzene rings is 1. The lowest BCUT2D eigenvalue weighted by Crippen LogP contribution is -2.14. The van der Waals surface area contributed by atoms with E-state index in [-0.39, 0.29) is 0 Å². The van der Waals surface area contributed by atoms with Crippen molar-refractivity contribution in [1.29, 1.82) is 0 Å². The van der Waals surface area contributed by atoms with Crippen molar-refractivity contribution in [3.63, 3.8) is 0 Å². The summed E-state index contributed by atoms with van der Waals surface area (Å²) in [6, 6.07) is 6.61. The summed E-state index contributed by atoms with van der Waals surface area (Å²) in [4.78, 5) is 11.2. The third-order valence-electron chi connectivity index (χ3n) is 4.26. The van der Waals surface area contributed by atoms with E-state index in [0.29, 0.717) is 5.78 Å². The van der Waals surface area contributed by atoms with Crippen LogP contribution in [0.4, 0.5) is 0 Å². The molecule has 1 aromatic carbocycles. The highest BCUT2D eigenvalue weighted by Gasteiger charge is 2.18. The van der Waals surface area contributed by atoms with E-state index < -0.39 is 0 Å². The number of hydrogen-bond acceptors (Lipinski definition) is 2. The summed E-state index contributed by atoms with van der Waals surface area (Å²) in [6.07, 6.45) is 7.26. The topological polar surface area (TPSA) is 26.3 Å². The number of carbonyl (C=O) groups excluding carboxylic acids is 1. The maximum atomic E-state index is 11.2. The minimum Gasteiger partial charge on any atom is -0.493 e. The summed E-state index contributed by atoms with van der Waals surface area (Å²) in [5.41, 5.74) is 2.79. The Labute approximate surface area is 108 Å². The molecule has 3 rings (SSSR count). The maximum Gasteiger partial charge on any atom is 0.132 e. The first kappa shape index (κ1) is 11.8. The minimum atomic E-state index is 0.459. The molecular weight excluding hydrogens is 224 g/mol. The Kier molecular flexibility index (Phi) is 3.35. The normalized spacial score (nSPS) is 19.7. The molecule has 0 saturated heterocycles. The maximum absolute atomic E-state index is 11.2. The average molecular weight is 244 g/mol. The molecule has 1 fully saturated rings. The van der Waals surface area contributed by atoms with E-state index in [1.165, 1.54) is 17.5 Å². The zero-order chi connectivity index (χ0) is 12.4. The van der Waals surface area contributed by atoms with Gasteiger partial charge in [-0.05, 0) is 48.8 Å². The molecule has 18 heavy (non-hydrogen) atoms. The van der Waals surface area contributed by atoms with E-state index in [1.54, 1.807) is 0 Å². The monoisotopic (exact) mass is 244 g/mol. The van der Waals surface area contributed by atoms with Gasteiger partial charge in [-0.15, -0.1) is 0 Å². The van der Waals surface area contributed by atoms with Gasteiger partial charge < -0.3 is 4.74 Å². The Morgan fingerprint density at radius 3 is 2.83 bits per heavy atom. The highest BCUT2D eigenvalue weighted by molar-refractivity contribution is 5.79. The van der Waals surface area contributed by atoms with Gasteiger partial charge in [0, 0.05) is 19.3 Å². The van der Waals surface area contributed by atoms with E-state index in [9.17, 15) is 4.79 Å². The number of Topliss-reactive ketones (excluding diaryl/α,β-unsaturated/α-hetero) is 1. The van der Waals surface area contributed by atoms with E-state index >= 15 is 0 Å². The molecule has 1 aliphatic carbocycles. The SMILES string of the molecule is O=C1CCC(CCc2ccc3c(c2)CCO3)CC1. The molecule has 1 saturated carbocycles. The van der Waals surface area contributed by atoms with E-state index in [0.717, 1.165) is 56.8 Å². The van der Waals surface area contributed by atoms with Crippen LogP contribution >= 0.6 is 0 Å². The van der Waals surface area contributed by atoms with Crippen LogP contribution in [0.5, 0.6) is 5.75 Å². The van der Waals surface area contributed by atoms with Crippen molar-refractivity contribution in [3.8, 4) is 5.75 Å². The van der Waals surface area contributed by atoms with Gasteiger partial charge in [-0.25, -0.2) is 0 Å². The Morgan fingerprint density at radius 1 is 1.17 bits per heavy atom. The first-order valence-corrected chi connectivity index (χ1v) is 7.07. The molecule has 2 nitrogen and oxygen atoms in total. The van der Waals surface area contributed by atoms with Crippen LogP contribution < -0.4 is 4.74 Å². The molecule has 0 unspecified atom stereocenters. The molecule has 0 atom stereocenters. The van der Waals surface area contributed by atoms with Crippen molar-refractivity contribution in [2.45, 2.75) is 44.9 Å². The summed E-state index contributed by atoms with van der Waals surface area (Å²) < 4.78 is 5.52. The Hall–Kier alpha value is -1.31. The molecule has 2 aliphatic rings. The Morgan fingerprint density at radius 2 is 2.00 bits per heavy atom. The number of ketones is 1. The fourth-order valence-corrected chi connectivity index (χ4v) is 3.05. The Balaban J connectivity index is 1.55. The lowest BCUT2D eigenvalue weighted by molar-refractivity contribution is -0.121. The zero-order valence-corrected chi connectivity index (χ0v) is 10.8. The quantitative estimate of drug-likeness (QED) is 0.815. The van der Waals surface area contributed by atoms with E-state index in [2.05, 4.69) is 18.2 Å². The van der Waals surface area contributed by atoms with Crippen LogP contribution in [0.15, 0.2) is 18.2 Å². The smallest absolute Gasteiger partial charge is 0.132 e. The Bertz CT molecular complexity index is 440. The van der Waals surface area contributed by atoms with Crippen molar-refractivity contribution >= 4 is 5.78 Å². The van der Waals surface area contributed by atoms with Crippen molar-refractivity contribution in [2.24, 2.45) is 5.92 Å². The third kappa shape index (κ3) is 2.58. The zero-order valence-electron chi connectivity index (χ0n) is 10.8. The number of hydrogen-bond donors (Lipinski definition) is 0. The minimum absolute atomic E-state index is 0.459. The number of ether oxygens (including phenoxy) is 1. The lowest BCUT2D eigenvalue weighted by Gasteiger charge is -2.20. The summed E-state index contributed by atoms with van der Waals surface area (Å²) in [7, 11) is 0. The second kappa shape index (κ2) is 5.13. The largest absolute Gasteiger partial charge is 0.493 e. The molecule has 0 amide bonds. The molecule has 0 aromatic heterocycles. The van der Waals surface area contributed by atoms with Crippen molar-refractivity contribution in [2.75, 3.05) is 6.61 Å². The van der Waals surface area contributed by atoms with Gasteiger partial charge in [0.05, 0.1) is 6.61 Å². The second-order valence-corrected chi connectivity index (χ2v) is 5.56. The van der Waals surface area contributed by atoms with Crippen LogP contribution in [0, 0.1) is 5.92 Å². The molecule has 1 heterocycles. The molecule has 0 bridgehead atoms. The standard InChI is InChI=1S/C16H20O2/c17-15-6-3-12(4-7-15)1-2-13-5-8-16-14(11-13)9-10-18-16/h5,8,11-12H,1-4,6-7,9-10H2.